The molecule has 1 amide bonds. The van der Waals surface area contributed by atoms with Crippen LogP contribution in [0, 0.1) is 5.92 Å². The summed E-state index contributed by atoms with van der Waals surface area (Å²) in [7, 11) is 1.85. The van der Waals surface area contributed by atoms with Crippen molar-refractivity contribution in [3.8, 4) is 0 Å². The number of carbonyl (C=O) groups excluding carboxylic acids is 1. The summed E-state index contributed by atoms with van der Waals surface area (Å²) in [4.78, 5) is 19.5. The van der Waals surface area contributed by atoms with Gasteiger partial charge in [-0.1, -0.05) is 6.92 Å². The number of carbonyl (C=O) groups is 1. The lowest BCUT2D eigenvalue weighted by atomic mass is 9.99. The summed E-state index contributed by atoms with van der Waals surface area (Å²) in [6.07, 6.45) is 6.18. The molecule has 0 radical (unpaired) electrons. The maximum atomic E-state index is 12.7. The highest BCUT2D eigenvalue weighted by molar-refractivity contribution is 6.03. The van der Waals surface area contributed by atoms with E-state index in [1.54, 1.807) is 10.9 Å². The van der Waals surface area contributed by atoms with Crippen LogP contribution in [0.1, 0.15) is 54.6 Å². The van der Waals surface area contributed by atoms with Gasteiger partial charge in [0, 0.05) is 44.9 Å². The van der Waals surface area contributed by atoms with Crippen molar-refractivity contribution in [1.82, 2.24) is 14.8 Å². The minimum Gasteiger partial charge on any atom is -0.381 e. The average Bonchev–Trinajstić information content (AvgIpc) is 3.10. The van der Waals surface area contributed by atoms with Crippen LogP contribution in [0.2, 0.25) is 0 Å². The Balaban J connectivity index is 1.40. The number of anilines is 2. The molecule has 28 heavy (non-hydrogen) atoms. The standard InChI is InChI=1S/C21H29N5O2/c1-15-7-9-26(10-8-15)19-6-5-16(13-22-19)21(27)23-20-12-18(24-25(20)2)17-4-3-11-28-14-17/h5-6,12-13,15,17H,3-4,7-11,14H2,1-2H3,(H,23,27). The second kappa shape index (κ2) is 8.31. The van der Waals surface area contributed by atoms with E-state index in [9.17, 15) is 4.79 Å². The third-order valence-electron chi connectivity index (χ3n) is 5.84. The molecule has 0 bridgehead atoms. The van der Waals surface area contributed by atoms with Crippen molar-refractivity contribution in [2.45, 2.75) is 38.5 Å². The Bertz CT molecular complexity index is 803. The Morgan fingerprint density at radius 1 is 1.25 bits per heavy atom. The van der Waals surface area contributed by atoms with Crippen molar-refractivity contribution >= 4 is 17.5 Å². The van der Waals surface area contributed by atoms with Crippen molar-refractivity contribution < 1.29 is 9.53 Å². The van der Waals surface area contributed by atoms with Crippen LogP contribution in [0.3, 0.4) is 0 Å². The lowest BCUT2D eigenvalue weighted by Gasteiger charge is -2.31. The fraction of sp³-hybridized carbons (Fsp3) is 0.571. The van der Waals surface area contributed by atoms with Crippen molar-refractivity contribution in [3.05, 3.63) is 35.7 Å². The van der Waals surface area contributed by atoms with Gasteiger partial charge in [-0.05, 0) is 43.7 Å². The number of pyridine rings is 1. The largest absolute Gasteiger partial charge is 0.381 e. The van der Waals surface area contributed by atoms with Gasteiger partial charge in [0.1, 0.15) is 11.6 Å². The van der Waals surface area contributed by atoms with E-state index in [2.05, 4.69) is 27.2 Å². The predicted molar refractivity (Wildman–Crippen MR) is 109 cm³/mol. The fourth-order valence-corrected chi connectivity index (χ4v) is 3.91. The summed E-state index contributed by atoms with van der Waals surface area (Å²) >= 11 is 0. The van der Waals surface area contributed by atoms with Crippen LogP contribution in [-0.2, 0) is 11.8 Å². The Labute approximate surface area is 166 Å². The van der Waals surface area contributed by atoms with Gasteiger partial charge in [-0.2, -0.15) is 5.10 Å². The van der Waals surface area contributed by atoms with Crippen molar-refractivity contribution in [2.75, 3.05) is 36.5 Å². The van der Waals surface area contributed by atoms with Crippen LogP contribution in [-0.4, -0.2) is 47.0 Å². The maximum absolute atomic E-state index is 12.7. The molecule has 4 rings (SSSR count). The highest BCUT2D eigenvalue weighted by Crippen LogP contribution is 2.26. The molecule has 150 valence electrons. The Morgan fingerprint density at radius 2 is 2.07 bits per heavy atom. The van der Waals surface area contributed by atoms with Gasteiger partial charge >= 0.3 is 0 Å². The highest BCUT2D eigenvalue weighted by Gasteiger charge is 2.21. The summed E-state index contributed by atoms with van der Waals surface area (Å²) in [6.45, 7) is 5.88. The Kier molecular flexibility index (Phi) is 5.62. The summed E-state index contributed by atoms with van der Waals surface area (Å²) in [5.74, 6) is 2.56. The van der Waals surface area contributed by atoms with Gasteiger partial charge in [-0.3, -0.25) is 9.48 Å². The van der Waals surface area contributed by atoms with Crippen LogP contribution in [0.25, 0.3) is 0 Å². The number of ether oxygens (including phenoxy) is 1. The minimum absolute atomic E-state index is 0.166. The smallest absolute Gasteiger partial charge is 0.258 e. The van der Waals surface area contributed by atoms with E-state index < -0.39 is 0 Å². The van der Waals surface area contributed by atoms with Crippen molar-refractivity contribution in [2.24, 2.45) is 13.0 Å². The predicted octanol–water partition coefficient (Wildman–Crippen LogP) is 3.20. The summed E-state index contributed by atoms with van der Waals surface area (Å²) in [6, 6.07) is 5.74. The summed E-state index contributed by atoms with van der Waals surface area (Å²) in [5, 5.41) is 7.52. The Morgan fingerprint density at radius 3 is 2.75 bits per heavy atom. The number of aromatic nitrogens is 3. The lowest BCUT2D eigenvalue weighted by molar-refractivity contribution is 0.0791. The van der Waals surface area contributed by atoms with Crippen molar-refractivity contribution in [1.29, 1.82) is 0 Å². The van der Waals surface area contributed by atoms with Gasteiger partial charge in [0.25, 0.3) is 5.91 Å². The molecule has 1 N–H and O–H groups in total. The first-order valence-electron chi connectivity index (χ1n) is 10.2. The highest BCUT2D eigenvalue weighted by atomic mass is 16.5. The van der Waals surface area contributed by atoms with E-state index in [1.807, 2.05) is 25.2 Å². The first-order chi connectivity index (χ1) is 13.6. The fourth-order valence-electron chi connectivity index (χ4n) is 3.91. The van der Waals surface area contributed by atoms with E-state index in [1.165, 1.54) is 12.8 Å². The zero-order valence-corrected chi connectivity index (χ0v) is 16.7. The van der Waals surface area contributed by atoms with Crippen LogP contribution in [0.5, 0.6) is 0 Å². The Hall–Kier alpha value is -2.41. The van der Waals surface area contributed by atoms with E-state index >= 15 is 0 Å². The minimum atomic E-state index is -0.166. The normalized spacial score (nSPS) is 20.9. The molecule has 1 atom stereocenters. The molecular formula is C21H29N5O2. The van der Waals surface area contributed by atoms with Crippen LogP contribution in [0.15, 0.2) is 24.4 Å². The second-order valence-corrected chi connectivity index (χ2v) is 8.02. The molecule has 0 aromatic carbocycles. The van der Waals surface area contributed by atoms with E-state index in [0.717, 1.165) is 50.0 Å². The average molecular weight is 383 g/mol. The van der Waals surface area contributed by atoms with Gasteiger partial charge in [0.2, 0.25) is 0 Å². The van der Waals surface area contributed by atoms with Gasteiger partial charge in [-0.25, -0.2) is 4.98 Å². The molecule has 1 unspecified atom stereocenters. The van der Waals surface area contributed by atoms with Gasteiger partial charge in [-0.15, -0.1) is 0 Å². The van der Waals surface area contributed by atoms with Crippen molar-refractivity contribution in [3.63, 3.8) is 0 Å². The number of aryl methyl sites for hydroxylation is 1. The van der Waals surface area contributed by atoms with E-state index in [-0.39, 0.29) is 5.91 Å². The third kappa shape index (κ3) is 4.19. The second-order valence-electron chi connectivity index (χ2n) is 8.02. The molecule has 7 heteroatoms. The summed E-state index contributed by atoms with van der Waals surface area (Å²) < 4.78 is 7.27. The zero-order chi connectivity index (χ0) is 19.5. The maximum Gasteiger partial charge on any atom is 0.258 e. The summed E-state index contributed by atoms with van der Waals surface area (Å²) in [5.41, 5.74) is 1.53. The van der Waals surface area contributed by atoms with Crippen LogP contribution < -0.4 is 10.2 Å². The number of rotatable bonds is 4. The first kappa shape index (κ1) is 18.9. The molecule has 2 aliphatic rings. The molecule has 0 spiro atoms. The van der Waals surface area contributed by atoms with Gasteiger partial charge < -0.3 is 15.0 Å². The van der Waals surface area contributed by atoms with E-state index in [0.29, 0.717) is 23.9 Å². The third-order valence-corrected chi connectivity index (χ3v) is 5.84. The first-order valence-corrected chi connectivity index (χ1v) is 10.2. The molecule has 0 saturated carbocycles. The SMILES string of the molecule is CC1CCN(c2ccc(C(=O)Nc3cc(C4CCCOC4)nn3C)cn2)CC1. The number of piperidine rings is 1. The van der Waals surface area contributed by atoms with Crippen LogP contribution >= 0.6 is 0 Å². The molecule has 2 aromatic heterocycles. The number of nitrogens with zero attached hydrogens (tertiary/aromatic N) is 4. The van der Waals surface area contributed by atoms with Crippen LogP contribution in [0.4, 0.5) is 11.6 Å². The van der Waals surface area contributed by atoms with E-state index in [4.69, 9.17) is 4.74 Å². The number of hydrogen-bond acceptors (Lipinski definition) is 5. The van der Waals surface area contributed by atoms with Gasteiger partial charge in [0.15, 0.2) is 0 Å². The number of amides is 1. The topological polar surface area (TPSA) is 72.3 Å². The zero-order valence-electron chi connectivity index (χ0n) is 16.7. The molecule has 2 aliphatic heterocycles. The number of hydrogen-bond donors (Lipinski definition) is 1. The number of nitrogens with one attached hydrogen (secondary N) is 1. The monoisotopic (exact) mass is 383 g/mol. The quantitative estimate of drug-likeness (QED) is 0.878. The molecule has 2 aromatic rings. The lowest BCUT2D eigenvalue weighted by Crippen LogP contribution is -2.33. The molecule has 7 nitrogen and oxygen atoms in total. The molecule has 0 aliphatic carbocycles. The molecule has 4 heterocycles. The molecule has 2 fully saturated rings. The molecular weight excluding hydrogens is 354 g/mol. The van der Waals surface area contributed by atoms with Gasteiger partial charge in [0.05, 0.1) is 17.9 Å². The molecule has 2 saturated heterocycles.